The molecule has 0 unspecified atom stereocenters. The average molecular weight is 165 g/mol. The van der Waals surface area contributed by atoms with E-state index in [0.29, 0.717) is 0 Å². The van der Waals surface area contributed by atoms with Crippen molar-refractivity contribution in [3.63, 3.8) is 0 Å². The van der Waals surface area contributed by atoms with E-state index in [1.165, 1.54) is 0 Å². The highest BCUT2D eigenvalue weighted by Gasteiger charge is 2.25. The molecule has 1 rings (SSSR count). The molecule has 3 nitrogen and oxygen atoms in total. The van der Waals surface area contributed by atoms with Crippen LogP contribution in [0.15, 0.2) is 18.5 Å². The summed E-state index contributed by atoms with van der Waals surface area (Å²) in [6.45, 7) is 10.1. The number of nitrogens with zero attached hydrogens (tertiary/aromatic N) is 3. The van der Waals surface area contributed by atoms with Crippen molar-refractivity contribution in [2.24, 2.45) is 7.05 Å². The lowest BCUT2D eigenvalue weighted by Gasteiger charge is -2.20. The predicted octanol–water partition coefficient (Wildman–Crippen LogP) is 1.67. The van der Waals surface area contributed by atoms with Crippen molar-refractivity contribution in [1.29, 1.82) is 0 Å². The number of aromatic nitrogens is 3. The first kappa shape index (κ1) is 8.97. The van der Waals surface area contributed by atoms with Crippen LogP contribution in [0.1, 0.15) is 26.6 Å². The minimum atomic E-state index is -0.124. The Hall–Kier alpha value is -1.12. The Morgan fingerprint density at radius 2 is 2.17 bits per heavy atom. The van der Waals surface area contributed by atoms with E-state index < -0.39 is 0 Å². The monoisotopic (exact) mass is 165 g/mol. The highest BCUT2D eigenvalue weighted by molar-refractivity contribution is 5.19. The molecule has 0 spiro atoms. The van der Waals surface area contributed by atoms with Crippen LogP contribution in [0, 0.1) is 0 Å². The SMILES string of the molecule is C=C(C)C(C)(C)c1ncn(C)n1. The lowest BCUT2D eigenvalue weighted by Crippen LogP contribution is -2.20. The Morgan fingerprint density at radius 3 is 2.50 bits per heavy atom. The molecule has 0 N–H and O–H groups in total. The van der Waals surface area contributed by atoms with Crippen molar-refractivity contribution in [2.45, 2.75) is 26.2 Å². The van der Waals surface area contributed by atoms with Crippen LogP contribution in [-0.2, 0) is 12.5 Å². The van der Waals surface area contributed by atoms with Crippen molar-refractivity contribution >= 4 is 0 Å². The van der Waals surface area contributed by atoms with E-state index in [2.05, 4.69) is 30.5 Å². The number of hydrogen-bond donors (Lipinski definition) is 0. The lowest BCUT2D eigenvalue weighted by molar-refractivity contribution is 0.569. The predicted molar refractivity (Wildman–Crippen MR) is 48.8 cm³/mol. The van der Waals surface area contributed by atoms with Gasteiger partial charge in [0.05, 0.1) is 0 Å². The van der Waals surface area contributed by atoms with E-state index in [0.717, 1.165) is 11.4 Å². The molecule has 0 bridgehead atoms. The minimum Gasteiger partial charge on any atom is -0.256 e. The molecule has 0 aliphatic carbocycles. The Labute approximate surface area is 73.1 Å². The second kappa shape index (κ2) is 2.73. The number of hydrogen-bond acceptors (Lipinski definition) is 2. The average Bonchev–Trinajstić information content (AvgIpc) is 2.35. The number of allylic oxidation sites excluding steroid dienone is 1. The van der Waals surface area contributed by atoms with Crippen molar-refractivity contribution < 1.29 is 0 Å². The van der Waals surface area contributed by atoms with Gasteiger partial charge in [-0.3, -0.25) is 4.68 Å². The van der Waals surface area contributed by atoms with E-state index in [4.69, 9.17) is 0 Å². The van der Waals surface area contributed by atoms with Gasteiger partial charge in [0.25, 0.3) is 0 Å². The van der Waals surface area contributed by atoms with Crippen molar-refractivity contribution in [3.05, 3.63) is 24.3 Å². The molecule has 1 aromatic rings. The summed E-state index contributed by atoms with van der Waals surface area (Å²) in [6.07, 6.45) is 1.71. The standard InChI is InChI=1S/C9H15N3/c1-7(2)9(3,4)8-10-6-12(5)11-8/h6H,1H2,2-5H3. The van der Waals surface area contributed by atoms with Crippen molar-refractivity contribution in [2.75, 3.05) is 0 Å². The van der Waals surface area contributed by atoms with Crippen LogP contribution in [0.2, 0.25) is 0 Å². The van der Waals surface area contributed by atoms with Gasteiger partial charge < -0.3 is 0 Å². The van der Waals surface area contributed by atoms with E-state index in [9.17, 15) is 0 Å². The molecule has 0 saturated carbocycles. The molecular formula is C9H15N3. The molecule has 66 valence electrons. The highest BCUT2D eigenvalue weighted by Crippen LogP contribution is 2.26. The van der Waals surface area contributed by atoms with Gasteiger partial charge in [-0.2, -0.15) is 5.10 Å². The summed E-state index contributed by atoms with van der Waals surface area (Å²) >= 11 is 0. The summed E-state index contributed by atoms with van der Waals surface area (Å²) in [4.78, 5) is 4.20. The fourth-order valence-electron chi connectivity index (χ4n) is 0.817. The van der Waals surface area contributed by atoms with Gasteiger partial charge in [0.15, 0.2) is 5.82 Å². The third-order valence-corrected chi connectivity index (χ3v) is 2.23. The first-order chi connectivity index (χ1) is 5.44. The smallest absolute Gasteiger partial charge is 0.160 e. The molecule has 1 heterocycles. The van der Waals surface area contributed by atoms with Gasteiger partial charge in [-0.25, -0.2) is 4.98 Å². The second-order valence-corrected chi connectivity index (χ2v) is 3.65. The Balaban J connectivity index is 3.05. The maximum atomic E-state index is 4.25. The van der Waals surface area contributed by atoms with Gasteiger partial charge in [-0.05, 0) is 20.8 Å². The van der Waals surface area contributed by atoms with Gasteiger partial charge in [-0.15, -0.1) is 0 Å². The van der Waals surface area contributed by atoms with Crippen LogP contribution >= 0.6 is 0 Å². The van der Waals surface area contributed by atoms with Crippen LogP contribution in [0.4, 0.5) is 0 Å². The van der Waals surface area contributed by atoms with Crippen LogP contribution in [0.5, 0.6) is 0 Å². The van der Waals surface area contributed by atoms with E-state index in [1.807, 2.05) is 14.0 Å². The molecule has 0 aromatic carbocycles. The lowest BCUT2D eigenvalue weighted by atomic mass is 9.85. The van der Waals surface area contributed by atoms with Crippen molar-refractivity contribution in [3.8, 4) is 0 Å². The van der Waals surface area contributed by atoms with E-state index >= 15 is 0 Å². The van der Waals surface area contributed by atoms with Gasteiger partial charge in [0, 0.05) is 12.5 Å². The highest BCUT2D eigenvalue weighted by atomic mass is 15.3. The fourth-order valence-corrected chi connectivity index (χ4v) is 0.817. The minimum absolute atomic E-state index is 0.124. The molecule has 0 amide bonds. The van der Waals surface area contributed by atoms with E-state index in [-0.39, 0.29) is 5.41 Å². The van der Waals surface area contributed by atoms with Crippen molar-refractivity contribution in [1.82, 2.24) is 14.8 Å². The summed E-state index contributed by atoms with van der Waals surface area (Å²) in [5, 5.41) is 4.25. The summed E-state index contributed by atoms with van der Waals surface area (Å²) in [5.74, 6) is 0.831. The Morgan fingerprint density at radius 1 is 1.58 bits per heavy atom. The molecule has 0 fully saturated rings. The number of rotatable bonds is 2. The summed E-state index contributed by atoms with van der Waals surface area (Å²) in [5.41, 5.74) is 0.954. The molecule has 0 radical (unpaired) electrons. The van der Waals surface area contributed by atoms with Gasteiger partial charge in [0.2, 0.25) is 0 Å². The second-order valence-electron chi connectivity index (χ2n) is 3.65. The first-order valence-electron chi connectivity index (χ1n) is 3.96. The largest absolute Gasteiger partial charge is 0.256 e. The van der Waals surface area contributed by atoms with Gasteiger partial charge in [0.1, 0.15) is 6.33 Å². The molecule has 0 atom stereocenters. The van der Waals surface area contributed by atoms with Crippen LogP contribution in [0.3, 0.4) is 0 Å². The van der Waals surface area contributed by atoms with Crippen LogP contribution in [0.25, 0.3) is 0 Å². The zero-order chi connectivity index (χ0) is 9.35. The fraction of sp³-hybridized carbons (Fsp3) is 0.556. The summed E-state index contributed by atoms with van der Waals surface area (Å²) in [7, 11) is 1.87. The summed E-state index contributed by atoms with van der Waals surface area (Å²) in [6, 6.07) is 0. The third-order valence-electron chi connectivity index (χ3n) is 2.23. The molecule has 0 aliphatic heterocycles. The molecule has 3 heteroatoms. The Kier molecular flexibility index (Phi) is 2.04. The number of aryl methyl sites for hydroxylation is 1. The van der Waals surface area contributed by atoms with Gasteiger partial charge in [-0.1, -0.05) is 12.2 Å². The Bertz CT molecular complexity index is 296. The maximum absolute atomic E-state index is 4.25. The maximum Gasteiger partial charge on any atom is 0.160 e. The third kappa shape index (κ3) is 1.40. The van der Waals surface area contributed by atoms with E-state index in [1.54, 1.807) is 11.0 Å². The zero-order valence-corrected chi connectivity index (χ0v) is 8.13. The quantitative estimate of drug-likeness (QED) is 0.624. The first-order valence-corrected chi connectivity index (χ1v) is 3.96. The zero-order valence-electron chi connectivity index (χ0n) is 8.13. The molecule has 0 saturated heterocycles. The molecule has 12 heavy (non-hydrogen) atoms. The van der Waals surface area contributed by atoms with Gasteiger partial charge >= 0.3 is 0 Å². The normalized spacial score (nSPS) is 11.7. The van der Waals surface area contributed by atoms with Crippen LogP contribution in [-0.4, -0.2) is 14.8 Å². The molecule has 0 aliphatic rings. The van der Waals surface area contributed by atoms with Crippen LogP contribution < -0.4 is 0 Å². The molecule has 1 aromatic heterocycles. The summed E-state index contributed by atoms with van der Waals surface area (Å²) < 4.78 is 1.71. The topological polar surface area (TPSA) is 30.7 Å². The molecular weight excluding hydrogens is 150 g/mol.